The normalized spacial score (nSPS) is 14.2. The summed E-state index contributed by atoms with van der Waals surface area (Å²) in [5, 5.41) is 12.3. The Kier molecular flexibility index (Phi) is 7.09. The maximum Gasteiger partial charge on any atom is 0.243 e. The molecule has 3 rings (SSSR count). The quantitative estimate of drug-likeness (QED) is 0.411. The van der Waals surface area contributed by atoms with E-state index < -0.39 is 10.0 Å². The number of nitrogens with one attached hydrogen (secondary N) is 2. The molecule has 25 heavy (non-hydrogen) atoms. The average Bonchev–Trinajstić information content (AvgIpc) is 3.10. The van der Waals surface area contributed by atoms with Crippen molar-refractivity contribution in [3.05, 3.63) is 51.7 Å². The number of nitrogens with zero attached hydrogens (tertiary/aromatic N) is 1. The SMILES string of the molecule is CNCc1ccc(S(=O)(=O)N2CCc3sccc3C2)cc1.O=CNO. The van der Waals surface area contributed by atoms with E-state index in [0.717, 1.165) is 24.1 Å². The summed E-state index contributed by atoms with van der Waals surface area (Å²) in [6.07, 6.45) is 0.990. The molecule has 3 N–H and O–H groups in total. The molecule has 0 spiro atoms. The molecule has 1 amide bonds. The Hall–Kier alpha value is -1.78. The molecule has 1 aromatic carbocycles. The van der Waals surface area contributed by atoms with E-state index in [1.807, 2.05) is 30.6 Å². The first-order chi connectivity index (χ1) is 12.0. The molecule has 0 fully saturated rings. The van der Waals surface area contributed by atoms with Crippen molar-refractivity contribution in [3.63, 3.8) is 0 Å². The highest BCUT2D eigenvalue weighted by Crippen LogP contribution is 2.28. The summed E-state index contributed by atoms with van der Waals surface area (Å²) in [4.78, 5) is 10.5. The number of fused-ring (bicyclic) bond motifs is 1. The van der Waals surface area contributed by atoms with Crippen molar-refractivity contribution in [2.75, 3.05) is 13.6 Å². The minimum absolute atomic E-state index is 0.181. The molecule has 1 aliphatic heterocycles. The van der Waals surface area contributed by atoms with Crippen LogP contribution in [0, 0.1) is 0 Å². The minimum Gasteiger partial charge on any atom is -0.316 e. The van der Waals surface area contributed by atoms with Gasteiger partial charge in [-0.3, -0.25) is 10.0 Å². The third-order valence-corrected chi connectivity index (χ3v) is 6.65. The van der Waals surface area contributed by atoms with Gasteiger partial charge < -0.3 is 5.32 Å². The molecule has 2 heterocycles. The number of hydroxylamine groups is 1. The summed E-state index contributed by atoms with van der Waals surface area (Å²) in [5.74, 6) is 0. The van der Waals surface area contributed by atoms with Crippen LogP contribution < -0.4 is 10.8 Å². The Balaban J connectivity index is 0.000000511. The fraction of sp³-hybridized carbons (Fsp3) is 0.312. The molecule has 0 saturated carbocycles. The molecule has 7 nitrogen and oxygen atoms in total. The lowest BCUT2D eigenvalue weighted by atomic mass is 10.1. The van der Waals surface area contributed by atoms with E-state index in [1.165, 1.54) is 10.4 Å². The van der Waals surface area contributed by atoms with Gasteiger partial charge in [0, 0.05) is 24.5 Å². The van der Waals surface area contributed by atoms with Gasteiger partial charge in [-0.05, 0) is 48.2 Å². The van der Waals surface area contributed by atoms with Crippen LogP contribution >= 0.6 is 11.3 Å². The van der Waals surface area contributed by atoms with Crippen molar-refractivity contribution in [1.82, 2.24) is 15.1 Å². The highest BCUT2D eigenvalue weighted by Gasteiger charge is 2.28. The van der Waals surface area contributed by atoms with Gasteiger partial charge in [0.05, 0.1) is 4.90 Å². The van der Waals surface area contributed by atoms with E-state index >= 15 is 0 Å². The molecule has 0 radical (unpaired) electrons. The summed E-state index contributed by atoms with van der Waals surface area (Å²) in [5.41, 5.74) is 3.47. The lowest BCUT2D eigenvalue weighted by Gasteiger charge is -2.26. The van der Waals surface area contributed by atoms with E-state index in [0.29, 0.717) is 18.0 Å². The lowest BCUT2D eigenvalue weighted by molar-refractivity contribution is -0.116. The van der Waals surface area contributed by atoms with Gasteiger partial charge in [0.25, 0.3) is 0 Å². The van der Waals surface area contributed by atoms with Crippen molar-refractivity contribution in [1.29, 1.82) is 0 Å². The fourth-order valence-electron chi connectivity index (χ4n) is 2.56. The Labute approximate surface area is 151 Å². The molecule has 0 bridgehead atoms. The number of benzene rings is 1. The first-order valence-electron chi connectivity index (χ1n) is 7.65. The van der Waals surface area contributed by atoms with Crippen LogP contribution in [0.15, 0.2) is 40.6 Å². The third kappa shape index (κ3) is 4.86. The second-order valence-electron chi connectivity index (χ2n) is 5.38. The first-order valence-corrected chi connectivity index (χ1v) is 9.97. The largest absolute Gasteiger partial charge is 0.316 e. The molecule has 0 unspecified atom stereocenters. The van der Waals surface area contributed by atoms with E-state index in [1.54, 1.807) is 27.8 Å². The smallest absolute Gasteiger partial charge is 0.243 e. The zero-order chi connectivity index (χ0) is 18.3. The molecule has 0 aliphatic carbocycles. The van der Waals surface area contributed by atoms with Gasteiger partial charge in [-0.25, -0.2) is 13.9 Å². The second kappa shape index (κ2) is 9.07. The Morgan fingerprint density at radius 3 is 2.56 bits per heavy atom. The van der Waals surface area contributed by atoms with Crippen LogP contribution in [-0.4, -0.2) is 37.9 Å². The number of carbonyl (C=O) groups excluding carboxylic acids is 1. The number of thiophene rings is 1. The van der Waals surface area contributed by atoms with Gasteiger partial charge in [0.1, 0.15) is 0 Å². The number of carbonyl (C=O) groups is 1. The lowest BCUT2D eigenvalue weighted by Crippen LogP contribution is -2.35. The fourth-order valence-corrected chi connectivity index (χ4v) is 4.87. The number of amides is 1. The molecule has 0 atom stereocenters. The molecule has 0 saturated heterocycles. The summed E-state index contributed by atoms with van der Waals surface area (Å²) in [6.45, 7) is 1.79. The number of hydrogen-bond acceptors (Lipinski definition) is 6. The molecule has 2 aromatic rings. The van der Waals surface area contributed by atoms with Crippen molar-refractivity contribution in [2.24, 2.45) is 0 Å². The second-order valence-corrected chi connectivity index (χ2v) is 8.32. The van der Waals surface area contributed by atoms with Crippen molar-refractivity contribution in [3.8, 4) is 0 Å². The van der Waals surface area contributed by atoms with Gasteiger partial charge in [0.15, 0.2) is 0 Å². The van der Waals surface area contributed by atoms with Crippen LogP contribution in [0.2, 0.25) is 0 Å². The number of rotatable bonds is 5. The summed E-state index contributed by atoms with van der Waals surface area (Å²) >= 11 is 1.71. The molecular weight excluding hydrogens is 362 g/mol. The van der Waals surface area contributed by atoms with E-state index in [-0.39, 0.29) is 6.41 Å². The van der Waals surface area contributed by atoms with Gasteiger partial charge in [0.2, 0.25) is 16.4 Å². The number of hydrogen-bond donors (Lipinski definition) is 3. The monoisotopic (exact) mass is 383 g/mol. The highest BCUT2D eigenvalue weighted by molar-refractivity contribution is 7.89. The standard InChI is InChI=1S/C15H18N2O2S2.CH3NO2/c1-16-10-12-2-4-14(5-3-12)21(18,19)17-8-6-15-13(11-17)7-9-20-15;3-1-2-4/h2-5,7,9,16H,6,8,10-11H2,1H3;1,4H,(H,2,3). The Bertz CT molecular complexity index is 788. The Morgan fingerprint density at radius 2 is 1.96 bits per heavy atom. The van der Waals surface area contributed by atoms with Crippen LogP contribution in [0.4, 0.5) is 0 Å². The van der Waals surface area contributed by atoms with Gasteiger partial charge in [-0.1, -0.05) is 12.1 Å². The van der Waals surface area contributed by atoms with Crippen LogP contribution in [0.3, 0.4) is 0 Å². The van der Waals surface area contributed by atoms with E-state index in [4.69, 9.17) is 10.0 Å². The van der Waals surface area contributed by atoms with Crippen molar-refractivity contribution in [2.45, 2.75) is 24.4 Å². The summed E-state index contributed by atoms with van der Waals surface area (Å²) in [7, 11) is -1.52. The van der Waals surface area contributed by atoms with Crippen molar-refractivity contribution >= 4 is 27.8 Å². The van der Waals surface area contributed by atoms with Gasteiger partial charge >= 0.3 is 0 Å². The zero-order valence-corrected chi connectivity index (χ0v) is 15.4. The van der Waals surface area contributed by atoms with Crippen LogP contribution in [0.25, 0.3) is 0 Å². The molecule has 1 aliphatic rings. The third-order valence-electron chi connectivity index (χ3n) is 3.77. The maximum atomic E-state index is 12.7. The average molecular weight is 383 g/mol. The van der Waals surface area contributed by atoms with Crippen LogP contribution in [0.1, 0.15) is 16.0 Å². The van der Waals surface area contributed by atoms with Gasteiger partial charge in [-0.2, -0.15) is 4.31 Å². The summed E-state index contributed by atoms with van der Waals surface area (Å²) < 4.78 is 27.0. The summed E-state index contributed by atoms with van der Waals surface area (Å²) in [6, 6.07) is 9.15. The minimum atomic E-state index is -3.40. The topological polar surface area (TPSA) is 98.7 Å². The molecular formula is C16H21N3O4S2. The van der Waals surface area contributed by atoms with E-state index in [9.17, 15) is 8.42 Å². The Morgan fingerprint density at radius 1 is 1.28 bits per heavy atom. The van der Waals surface area contributed by atoms with E-state index in [2.05, 4.69) is 5.32 Å². The zero-order valence-electron chi connectivity index (χ0n) is 13.8. The maximum absolute atomic E-state index is 12.7. The molecule has 9 heteroatoms. The number of sulfonamides is 1. The predicted molar refractivity (Wildman–Crippen MR) is 95.8 cm³/mol. The molecule has 136 valence electrons. The van der Waals surface area contributed by atoms with Crippen LogP contribution in [-0.2, 0) is 34.3 Å². The predicted octanol–water partition coefficient (Wildman–Crippen LogP) is 1.34. The van der Waals surface area contributed by atoms with Crippen LogP contribution in [0.5, 0.6) is 0 Å². The first kappa shape index (κ1) is 19.5. The van der Waals surface area contributed by atoms with Gasteiger partial charge in [-0.15, -0.1) is 11.3 Å². The highest BCUT2D eigenvalue weighted by atomic mass is 32.2. The molecule has 1 aromatic heterocycles. The van der Waals surface area contributed by atoms with Crippen molar-refractivity contribution < 1.29 is 18.4 Å².